The quantitative estimate of drug-likeness (QED) is 0.559. The Bertz CT molecular complexity index is 808. The number of benzene rings is 1. The van der Waals surface area contributed by atoms with Crippen LogP contribution in [0.2, 0.25) is 0 Å². The molecule has 1 aromatic rings. The average Bonchev–Trinajstić information content (AvgIpc) is 2.89. The number of para-hydroxylation sites is 1. The number of rotatable bonds is 9. The van der Waals surface area contributed by atoms with E-state index in [0.717, 1.165) is 29.6 Å². The summed E-state index contributed by atoms with van der Waals surface area (Å²) in [5.41, 5.74) is 3.05. The Hall–Kier alpha value is -1.63. The number of hydrogen-bond acceptors (Lipinski definition) is 5. The van der Waals surface area contributed by atoms with E-state index in [4.69, 9.17) is 0 Å². The van der Waals surface area contributed by atoms with Gasteiger partial charge in [0.2, 0.25) is 0 Å². The fraction of sp³-hybridized carbons (Fsp3) is 0.524. The van der Waals surface area contributed by atoms with Gasteiger partial charge in [0.15, 0.2) is 9.84 Å². The van der Waals surface area contributed by atoms with E-state index in [1.165, 1.54) is 0 Å². The van der Waals surface area contributed by atoms with Gasteiger partial charge in [-0.3, -0.25) is 0 Å². The molecule has 27 heavy (non-hydrogen) atoms. The number of hydrogen-bond donors (Lipinski definition) is 3. The van der Waals surface area contributed by atoms with E-state index in [0.29, 0.717) is 24.8 Å². The minimum Gasteiger partial charge on any atom is -0.507 e. The summed E-state index contributed by atoms with van der Waals surface area (Å²) >= 11 is 0. The summed E-state index contributed by atoms with van der Waals surface area (Å²) in [7, 11) is -3.43. The molecule has 1 aromatic carbocycles. The summed E-state index contributed by atoms with van der Waals surface area (Å²) in [6, 6.07) is 7.07. The second-order valence-electron chi connectivity index (χ2n) is 7.06. The molecule has 0 bridgehead atoms. The molecule has 2 rings (SSSR count). The van der Waals surface area contributed by atoms with Crippen molar-refractivity contribution >= 4 is 15.9 Å². The number of aromatic hydroxyl groups is 1. The van der Waals surface area contributed by atoms with Crippen LogP contribution < -0.4 is 0 Å². The van der Waals surface area contributed by atoms with E-state index in [-0.39, 0.29) is 11.5 Å². The molecule has 0 aromatic heterocycles. The zero-order valence-corrected chi connectivity index (χ0v) is 16.9. The highest BCUT2D eigenvalue weighted by Gasteiger charge is 2.40. The lowest BCUT2D eigenvalue weighted by molar-refractivity contribution is 0.188. The van der Waals surface area contributed by atoms with Gasteiger partial charge >= 0.3 is 0 Å². The summed E-state index contributed by atoms with van der Waals surface area (Å²) in [5, 5.41) is 29.3. The van der Waals surface area contributed by atoms with E-state index >= 15 is 0 Å². The average molecular weight is 395 g/mol. The Kier molecular flexibility index (Phi) is 7.65. The van der Waals surface area contributed by atoms with Crippen molar-refractivity contribution in [3.8, 4) is 5.75 Å². The highest BCUT2D eigenvalue weighted by Crippen LogP contribution is 2.34. The van der Waals surface area contributed by atoms with Crippen LogP contribution in [0, 0.1) is 0 Å². The second-order valence-corrected chi connectivity index (χ2v) is 9.24. The standard InChI is InChI=1S/C21H30O5S/c1-3-7-17-14-27(25,26)20(13-22)21(17)19(24)11-10-15(4-2)12-16-8-5-6-9-18(16)23/h5-6,8-9,12,19-20,22-24H,3-4,7,10-11,13-14H2,1-2H3/b15-12+/t19-,20+/m1/s1. The monoisotopic (exact) mass is 394 g/mol. The van der Waals surface area contributed by atoms with Gasteiger partial charge in [0.25, 0.3) is 0 Å². The zero-order valence-electron chi connectivity index (χ0n) is 16.1. The smallest absolute Gasteiger partial charge is 0.163 e. The van der Waals surface area contributed by atoms with Crippen LogP contribution in [0.1, 0.15) is 51.5 Å². The van der Waals surface area contributed by atoms with Gasteiger partial charge in [-0.15, -0.1) is 0 Å². The Morgan fingerprint density at radius 1 is 1.30 bits per heavy atom. The van der Waals surface area contributed by atoms with Crippen LogP contribution >= 0.6 is 0 Å². The Balaban J connectivity index is 2.18. The van der Waals surface area contributed by atoms with Crippen LogP contribution in [-0.2, 0) is 9.84 Å². The van der Waals surface area contributed by atoms with Crippen molar-refractivity contribution in [3.63, 3.8) is 0 Å². The first-order chi connectivity index (χ1) is 12.8. The Morgan fingerprint density at radius 2 is 2.00 bits per heavy atom. The molecule has 0 saturated carbocycles. The van der Waals surface area contributed by atoms with Gasteiger partial charge in [0, 0.05) is 5.56 Å². The van der Waals surface area contributed by atoms with E-state index in [2.05, 4.69) is 0 Å². The maximum absolute atomic E-state index is 12.3. The van der Waals surface area contributed by atoms with Gasteiger partial charge in [0.1, 0.15) is 11.0 Å². The van der Waals surface area contributed by atoms with Crippen molar-refractivity contribution in [2.75, 3.05) is 12.4 Å². The summed E-state index contributed by atoms with van der Waals surface area (Å²) in [6.07, 6.45) is 4.19. The van der Waals surface area contributed by atoms with Crippen molar-refractivity contribution in [2.45, 2.75) is 57.3 Å². The van der Waals surface area contributed by atoms with Crippen molar-refractivity contribution in [1.29, 1.82) is 0 Å². The normalized spacial score (nSPS) is 20.9. The number of aliphatic hydroxyl groups is 2. The van der Waals surface area contributed by atoms with Gasteiger partial charge in [0.05, 0.1) is 18.5 Å². The largest absolute Gasteiger partial charge is 0.507 e. The summed E-state index contributed by atoms with van der Waals surface area (Å²) < 4.78 is 24.6. The first-order valence-electron chi connectivity index (χ1n) is 9.53. The predicted molar refractivity (Wildman–Crippen MR) is 108 cm³/mol. The van der Waals surface area contributed by atoms with Crippen LogP contribution in [0.5, 0.6) is 5.75 Å². The molecule has 0 fully saturated rings. The van der Waals surface area contributed by atoms with Crippen molar-refractivity contribution in [3.05, 3.63) is 46.5 Å². The van der Waals surface area contributed by atoms with E-state index in [1.807, 2.05) is 32.1 Å². The van der Waals surface area contributed by atoms with E-state index in [9.17, 15) is 23.7 Å². The molecule has 0 saturated heterocycles. The summed E-state index contributed by atoms with van der Waals surface area (Å²) in [6.45, 7) is 3.49. The van der Waals surface area contributed by atoms with Gasteiger partial charge in [-0.25, -0.2) is 8.42 Å². The Labute approximate surface area is 162 Å². The first-order valence-corrected chi connectivity index (χ1v) is 11.2. The molecule has 2 atom stereocenters. The van der Waals surface area contributed by atoms with Crippen LogP contribution in [0.25, 0.3) is 6.08 Å². The maximum Gasteiger partial charge on any atom is 0.163 e. The molecular formula is C21H30O5S. The number of sulfone groups is 1. The highest BCUT2D eigenvalue weighted by atomic mass is 32.2. The highest BCUT2D eigenvalue weighted by molar-refractivity contribution is 7.92. The minimum absolute atomic E-state index is 0.0627. The van der Waals surface area contributed by atoms with Crippen LogP contribution in [-0.4, -0.2) is 47.5 Å². The lowest BCUT2D eigenvalue weighted by Crippen LogP contribution is -2.29. The number of phenolic OH excluding ortho intramolecular Hbond substituents is 1. The topological polar surface area (TPSA) is 94.8 Å². The summed E-state index contributed by atoms with van der Waals surface area (Å²) in [5.74, 6) is 0.145. The fourth-order valence-electron chi connectivity index (χ4n) is 3.69. The maximum atomic E-state index is 12.3. The molecular weight excluding hydrogens is 364 g/mol. The van der Waals surface area contributed by atoms with Crippen molar-refractivity contribution < 1.29 is 23.7 Å². The molecule has 6 heteroatoms. The van der Waals surface area contributed by atoms with Crippen molar-refractivity contribution in [1.82, 2.24) is 0 Å². The SMILES string of the molecule is CCCC1=C([C@H](O)CC/C(=C/c2ccccc2O)CC)[C@H](CO)S(=O)(=O)C1. The zero-order chi connectivity index (χ0) is 20.0. The molecule has 0 amide bonds. The van der Waals surface area contributed by atoms with E-state index < -0.39 is 27.8 Å². The fourth-order valence-corrected chi connectivity index (χ4v) is 5.62. The number of aliphatic hydroxyl groups excluding tert-OH is 2. The molecule has 0 unspecified atom stereocenters. The first kappa shape index (κ1) is 21.7. The molecule has 0 radical (unpaired) electrons. The third-order valence-corrected chi connectivity index (χ3v) is 7.15. The molecule has 1 aliphatic heterocycles. The van der Waals surface area contributed by atoms with Crippen LogP contribution in [0.15, 0.2) is 41.0 Å². The molecule has 1 aliphatic rings. The third kappa shape index (κ3) is 5.21. The number of phenols is 1. The molecule has 3 N–H and O–H groups in total. The molecule has 5 nitrogen and oxygen atoms in total. The molecule has 0 aliphatic carbocycles. The van der Waals surface area contributed by atoms with Gasteiger partial charge < -0.3 is 15.3 Å². The van der Waals surface area contributed by atoms with Gasteiger partial charge in [-0.05, 0) is 37.3 Å². The minimum atomic E-state index is -3.43. The van der Waals surface area contributed by atoms with Crippen LogP contribution in [0.3, 0.4) is 0 Å². The van der Waals surface area contributed by atoms with Gasteiger partial charge in [-0.1, -0.05) is 55.7 Å². The molecule has 1 heterocycles. The predicted octanol–water partition coefficient (Wildman–Crippen LogP) is 3.21. The lowest BCUT2D eigenvalue weighted by Gasteiger charge is -2.19. The van der Waals surface area contributed by atoms with E-state index in [1.54, 1.807) is 12.1 Å². The summed E-state index contributed by atoms with van der Waals surface area (Å²) in [4.78, 5) is 0. The second kappa shape index (κ2) is 9.53. The van der Waals surface area contributed by atoms with Crippen molar-refractivity contribution in [2.24, 2.45) is 0 Å². The molecule has 0 spiro atoms. The molecule has 150 valence electrons. The lowest BCUT2D eigenvalue weighted by atomic mass is 9.92. The Morgan fingerprint density at radius 3 is 2.59 bits per heavy atom. The third-order valence-electron chi connectivity index (χ3n) is 5.13. The van der Waals surface area contributed by atoms with Crippen LogP contribution in [0.4, 0.5) is 0 Å². The number of allylic oxidation sites excluding steroid dienone is 1. The van der Waals surface area contributed by atoms with Gasteiger partial charge in [-0.2, -0.15) is 0 Å².